The first kappa shape index (κ1) is 28.5. The largest absolute Gasteiger partial charge is 0.394 e. The van der Waals surface area contributed by atoms with Crippen LogP contribution >= 0.6 is 0 Å². The fraction of sp³-hybridized carbons (Fsp3) is 0.958. The molecule has 1 fully saturated rings. The number of hydrogen-bond acceptors (Lipinski definition) is 7. The maximum Gasteiger partial charge on any atom is 0.202 e. The van der Waals surface area contributed by atoms with Crippen molar-refractivity contribution in [2.75, 3.05) is 6.61 Å². The van der Waals surface area contributed by atoms with E-state index in [0.717, 1.165) is 12.8 Å². The number of unbranched alkanes of at least 4 members (excludes halogenated alkanes) is 13. The van der Waals surface area contributed by atoms with Gasteiger partial charge in [-0.25, -0.2) is 0 Å². The van der Waals surface area contributed by atoms with Crippen molar-refractivity contribution in [2.45, 2.75) is 140 Å². The zero-order valence-corrected chi connectivity index (χ0v) is 19.4. The van der Waals surface area contributed by atoms with E-state index >= 15 is 0 Å². The van der Waals surface area contributed by atoms with E-state index in [4.69, 9.17) is 4.74 Å². The first-order chi connectivity index (χ1) is 14.9. The minimum atomic E-state index is -2.29. The summed E-state index contributed by atoms with van der Waals surface area (Å²) in [6.45, 7) is 1.60. The minimum Gasteiger partial charge on any atom is -0.394 e. The van der Waals surface area contributed by atoms with E-state index in [2.05, 4.69) is 6.92 Å². The zero-order chi connectivity index (χ0) is 23.1. The molecule has 1 rings (SSSR count). The van der Waals surface area contributed by atoms with Gasteiger partial charge in [0.15, 0.2) is 0 Å². The molecule has 7 heteroatoms. The van der Waals surface area contributed by atoms with Crippen LogP contribution < -0.4 is 0 Å². The van der Waals surface area contributed by atoms with Gasteiger partial charge in [-0.1, -0.05) is 90.4 Å². The summed E-state index contributed by atoms with van der Waals surface area (Å²) in [6, 6.07) is 0. The highest BCUT2D eigenvalue weighted by Gasteiger charge is 2.53. The molecule has 0 spiro atoms. The van der Waals surface area contributed by atoms with Gasteiger partial charge in [-0.2, -0.15) is 0 Å². The minimum absolute atomic E-state index is 0.263. The predicted octanol–water partition coefficient (Wildman–Crippen LogP) is 2.98. The van der Waals surface area contributed by atoms with Crippen LogP contribution in [-0.2, 0) is 9.53 Å². The van der Waals surface area contributed by atoms with Gasteiger partial charge in [0.05, 0.1) is 13.0 Å². The summed E-state index contributed by atoms with van der Waals surface area (Å²) in [5.41, 5.74) is 0. The van der Waals surface area contributed by atoms with Crippen LogP contribution in [0.5, 0.6) is 0 Å². The van der Waals surface area contributed by atoms with Crippen LogP contribution in [0.15, 0.2) is 0 Å². The van der Waals surface area contributed by atoms with Crippen LogP contribution in [0.1, 0.15) is 110 Å². The quantitative estimate of drug-likeness (QED) is 0.205. The number of rotatable bonds is 18. The molecule has 0 aliphatic carbocycles. The molecule has 1 heterocycles. The summed E-state index contributed by atoms with van der Waals surface area (Å²) in [7, 11) is 0. The molecule has 5 atom stereocenters. The normalized spacial score (nSPS) is 28.7. The fourth-order valence-electron chi connectivity index (χ4n) is 4.25. The lowest BCUT2D eigenvalue weighted by molar-refractivity contribution is -0.347. The summed E-state index contributed by atoms with van der Waals surface area (Å²) in [4.78, 5) is 12.2. The highest BCUT2D eigenvalue weighted by molar-refractivity contribution is 5.79. The predicted molar refractivity (Wildman–Crippen MR) is 119 cm³/mol. The van der Waals surface area contributed by atoms with Crippen molar-refractivity contribution < 1.29 is 35.1 Å². The number of carbonyl (C=O) groups excluding carboxylic acids is 1. The van der Waals surface area contributed by atoms with Crippen molar-refractivity contribution in [3.05, 3.63) is 0 Å². The molecule has 0 aromatic rings. The SMILES string of the molecule is CCCCCCCCCCCCCCCCC(=O)C[C@@]1(O)O[C@H](CO)[C@@H](O)[C@H](O)[C@H]1O. The van der Waals surface area contributed by atoms with E-state index in [1.165, 1.54) is 70.6 Å². The molecule has 0 aromatic heterocycles. The molecule has 0 bridgehead atoms. The van der Waals surface area contributed by atoms with Gasteiger partial charge >= 0.3 is 0 Å². The van der Waals surface area contributed by atoms with Crippen LogP contribution in [-0.4, -0.2) is 68.1 Å². The smallest absolute Gasteiger partial charge is 0.202 e. The van der Waals surface area contributed by atoms with Gasteiger partial charge in [-0.3, -0.25) is 4.79 Å². The monoisotopic (exact) mass is 446 g/mol. The number of hydrogen-bond donors (Lipinski definition) is 5. The van der Waals surface area contributed by atoms with E-state index < -0.39 is 43.2 Å². The van der Waals surface area contributed by atoms with Crippen molar-refractivity contribution in [2.24, 2.45) is 0 Å². The first-order valence-corrected chi connectivity index (χ1v) is 12.4. The van der Waals surface area contributed by atoms with E-state index in [9.17, 15) is 30.3 Å². The first-order valence-electron chi connectivity index (χ1n) is 12.4. The third-order valence-electron chi connectivity index (χ3n) is 6.31. The van der Waals surface area contributed by atoms with E-state index in [1.54, 1.807) is 0 Å². The second-order valence-electron chi connectivity index (χ2n) is 9.17. The molecular weight excluding hydrogens is 400 g/mol. The maximum atomic E-state index is 12.2. The fourth-order valence-corrected chi connectivity index (χ4v) is 4.25. The topological polar surface area (TPSA) is 127 Å². The van der Waals surface area contributed by atoms with Gasteiger partial charge in [-0.05, 0) is 6.42 Å². The van der Waals surface area contributed by atoms with Gasteiger partial charge in [-0.15, -0.1) is 0 Å². The molecule has 0 aromatic carbocycles. The summed E-state index contributed by atoms with van der Waals surface area (Å²) in [6.07, 6.45) is 10.7. The highest BCUT2D eigenvalue weighted by atomic mass is 16.7. The van der Waals surface area contributed by atoms with Gasteiger partial charge in [0, 0.05) is 6.42 Å². The molecule has 0 saturated carbocycles. The molecule has 0 radical (unpaired) electrons. The van der Waals surface area contributed by atoms with Gasteiger partial charge in [0.1, 0.15) is 30.2 Å². The molecule has 184 valence electrons. The molecule has 1 aliphatic heterocycles. The van der Waals surface area contributed by atoms with Crippen LogP contribution in [0.4, 0.5) is 0 Å². The Labute approximate surface area is 187 Å². The molecular formula is C24H46O7. The summed E-state index contributed by atoms with van der Waals surface area (Å²) < 4.78 is 5.14. The van der Waals surface area contributed by atoms with Gasteiger partial charge in [0.25, 0.3) is 0 Å². The van der Waals surface area contributed by atoms with Crippen LogP contribution in [0.2, 0.25) is 0 Å². The third kappa shape index (κ3) is 10.7. The second-order valence-corrected chi connectivity index (χ2v) is 9.17. The standard InChI is InChI=1S/C24H46O7/c1-2-3-4-5-6-7-8-9-10-11-12-13-14-15-16-19(26)17-24(30)23(29)22(28)21(27)20(18-25)31-24/h20-23,25,27-30H,2-18H2,1H3/t20-,21-,22+,23-,24-/m1/s1. The lowest BCUT2D eigenvalue weighted by Crippen LogP contribution is -2.65. The van der Waals surface area contributed by atoms with Gasteiger partial charge < -0.3 is 30.3 Å². The van der Waals surface area contributed by atoms with Crippen molar-refractivity contribution in [3.8, 4) is 0 Å². The zero-order valence-electron chi connectivity index (χ0n) is 19.4. The Morgan fingerprint density at radius 3 is 1.68 bits per heavy atom. The average molecular weight is 447 g/mol. The summed E-state index contributed by atoms with van der Waals surface area (Å²) in [5.74, 6) is -2.57. The third-order valence-corrected chi connectivity index (χ3v) is 6.31. The molecule has 0 amide bonds. The Kier molecular flexibility index (Phi) is 14.8. The van der Waals surface area contributed by atoms with Crippen molar-refractivity contribution in [3.63, 3.8) is 0 Å². The van der Waals surface area contributed by atoms with E-state index in [1.807, 2.05) is 0 Å². The number of ketones is 1. The van der Waals surface area contributed by atoms with E-state index in [0.29, 0.717) is 6.42 Å². The van der Waals surface area contributed by atoms with Crippen molar-refractivity contribution in [1.82, 2.24) is 0 Å². The second kappa shape index (κ2) is 16.1. The molecule has 31 heavy (non-hydrogen) atoms. The average Bonchev–Trinajstić information content (AvgIpc) is 2.75. The molecule has 1 saturated heterocycles. The summed E-state index contributed by atoms with van der Waals surface area (Å²) >= 11 is 0. The lowest BCUT2D eigenvalue weighted by atomic mass is 9.89. The summed E-state index contributed by atoms with van der Waals surface area (Å²) in [5, 5.41) is 49.2. The number of ether oxygens (including phenoxy) is 1. The number of carbonyl (C=O) groups is 1. The van der Waals surface area contributed by atoms with Gasteiger partial charge in [0.2, 0.25) is 5.79 Å². The van der Waals surface area contributed by atoms with Crippen molar-refractivity contribution in [1.29, 1.82) is 0 Å². The Bertz CT molecular complexity index is 471. The molecule has 1 aliphatic rings. The maximum absolute atomic E-state index is 12.2. The molecule has 5 N–H and O–H groups in total. The highest BCUT2D eigenvalue weighted by Crippen LogP contribution is 2.31. The Morgan fingerprint density at radius 2 is 1.23 bits per heavy atom. The Hall–Kier alpha value is -0.570. The van der Waals surface area contributed by atoms with Crippen molar-refractivity contribution >= 4 is 5.78 Å². The van der Waals surface area contributed by atoms with Crippen LogP contribution in [0, 0.1) is 0 Å². The lowest BCUT2D eigenvalue weighted by Gasteiger charge is -2.45. The number of aliphatic hydroxyl groups is 5. The number of aliphatic hydroxyl groups excluding tert-OH is 4. The number of Topliss-reactive ketones (excluding diaryl/α,β-unsaturated/α-hetero) is 1. The van der Waals surface area contributed by atoms with Crippen LogP contribution in [0.3, 0.4) is 0 Å². The van der Waals surface area contributed by atoms with Crippen LogP contribution in [0.25, 0.3) is 0 Å². The molecule has 0 unspecified atom stereocenters. The molecule has 7 nitrogen and oxygen atoms in total. The van der Waals surface area contributed by atoms with E-state index in [-0.39, 0.29) is 12.2 Å². The Morgan fingerprint density at radius 1 is 0.774 bits per heavy atom. The Balaban J connectivity index is 2.06.